The van der Waals surface area contributed by atoms with Gasteiger partial charge in [0, 0.05) is 23.9 Å². The van der Waals surface area contributed by atoms with Crippen LogP contribution in [0.4, 0.5) is 5.82 Å². The highest BCUT2D eigenvalue weighted by molar-refractivity contribution is 7.09. The van der Waals surface area contributed by atoms with E-state index in [1.807, 2.05) is 13.1 Å². The van der Waals surface area contributed by atoms with Crippen LogP contribution >= 0.6 is 11.3 Å². The van der Waals surface area contributed by atoms with Crippen LogP contribution in [0.25, 0.3) is 0 Å². The maximum atomic E-state index is 5.92. The van der Waals surface area contributed by atoms with Gasteiger partial charge in [0.2, 0.25) is 0 Å². The number of hydrazine groups is 1. The van der Waals surface area contributed by atoms with Crippen LogP contribution in [-0.4, -0.2) is 9.78 Å². The fourth-order valence-electron chi connectivity index (χ4n) is 1.62. The smallest absolute Gasteiger partial charge is 0.126 e. The summed E-state index contributed by atoms with van der Waals surface area (Å²) in [7, 11) is 1.82. The number of aryl methyl sites for hydroxylation is 1. The van der Waals surface area contributed by atoms with E-state index >= 15 is 0 Å². The topological polar surface area (TPSA) is 81.9 Å². The van der Waals surface area contributed by atoms with Crippen LogP contribution in [0, 0.1) is 0 Å². The van der Waals surface area contributed by atoms with Crippen LogP contribution in [0.1, 0.15) is 16.5 Å². The first kappa shape index (κ1) is 11.1. The van der Waals surface area contributed by atoms with Gasteiger partial charge in [0.1, 0.15) is 5.82 Å². The Balaban J connectivity index is 2.20. The summed E-state index contributed by atoms with van der Waals surface area (Å²) in [5.41, 5.74) is 9.64. The molecule has 2 aromatic heterocycles. The number of hydrogen-bond donors (Lipinski definition) is 3. The van der Waals surface area contributed by atoms with Crippen molar-refractivity contribution in [3.63, 3.8) is 0 Å². The maximum Gasteiger partial charge on any atom is 0.126 e. The molecular weight excluding hydrogens is 222 g/mol. The molecule has 6 heteroatoms. The molecule has 86 valence electrons. The largest absolute Gasteiger partial charge is 0.384 e. The van der Waals surface area contributed by atoms with Crippen LogP contribution < -0.4 is 17.0 Å². The first-order valence-corrected chi connectivity index (χ1v) is 5.86. The zero-order valence-electron chi connectivity index (χ0n) is 9.05. The summed E-state index contributed by atoms with van der Waals surface area (Å²) in [4.78, 5) is 1.27. The average Bonchev–Trinajstić information content (AvgIpc) is 2.88. The number of nitrogens with two attached hydrogens (primary N) is 2. The molecule has 1 atom stereocenters. The van der Waals surface area contributed by atoms with Gasteiger partial charge in [-0.2, -0.15) is 5.10 Å². The first-order chi connectivity index (χ1) is 7.72. The minimum absolute atomic E-state index is 0.00681. The molecule has 0 amide bonds. The zero-order valence-corrected chi connectivity index (χ0v) is 9.87. The molecule has 2 aromatic rings. The Hall–Kier alpha value is -1.37. The van der Waals surface area contributed by atoms with Crippen LogP contribution in [-0.2, 0) is 13.5 Å². The molecule has 0 saturated carbocycles. The number of nitrogen functional groups attached to an aromatic ring is 1. The molecule has 0 bridgehead atoms. The predicted octanol–water partition coefficient (Wildman–Crippen LogP) is 0.811. The summed E-state index contributed by atoms with van der Waals surface area (Å²) in [6, 6.07) is 4.12. The lowest BCUT2D eigenvalue weighted by atomic mass is 10.1. The molecule has 0 aliphatic rings. The van der Waals surface area contributed by atoms with Gasteiger partial charge in [-0.25, -0.2) is 0 Å². The summed E-state index contributed by atoms with van der Waals surface area (Å²) in [5.74, 6) is 6.21. The van der Waals surface area contributed by atoms with Gasteiger partial charge in [-0.1, -0.05) is 6.07 Å². The van der Waals surface area contributed by atoms with Crippen LogP contribution in [0.2, 0.25) is 0 Å². The van der Waals surface area contributed by atoms with Gasteiger partial charge in [-0.15, -0.1) is 11.3 Å². The molecule has 16 heavy (non-hydrogen) atoms. The van der Waals surface area contributed by atoms with Crippen molar-refractivity contribution in [1.82, 2.24) is 15.2 Å². The Kier molecular flexibility index (Phi) is 3.23. The standard InChI is InChI=1S/C10H15N5S/c1-15-10(11)8(6-13-15)9(14-12)5-7-3-2-4-16-7/h2-4,6,9,14H,5,11-12H2,1H3. The monoisotopic (exact) mass is 237 g/mol. The highest BCUT2D eigenvalue weighted by Crippen LogP contribution is 2.24. The van der Waals surface area contributed by atoms with Gasteiger partial charge in [-0.05, 0) is 11.4 Å². The molecule has 0 fully saturated rings. The van der Waals surface area contributed by atoms with Gasteiger partial charge in [0.15, 0.2) is 0 Å². The third-order valence-corrected chi connectivity index (χ3v) is 3.48. The molecule has 2 heterocycles. The quantitative estimate of drug-likeness (QED) is 0.543. The number of nitrogens with one attached hydrogen (secondary N) is 1. The van der Waals surface area contributed by atoms with Crippen LogP contribution in [0.3, 0.4) is 0 Å². The number of nitrogens with zero attached hydrogens (tertiary/aromatic N) is 2. The minimum atomic E-state index is 0.00681. The van der Waals surface area contributed by atoms with Crippen molar-refractivity contribution in [2.45, 2.75) is 12.5 Å². The Morgan fingerprint density at radius 2 is 2.44 bits per heavy atom. The van der Waals surface area contributed by atoms with E-state index in [0.29, 0.717) is 5.82 Å². The lowest BCUT2D eigenvalue weighted by Gasteiger charge is -2.14. The van der Waals surface area contributed by atoms with E-state index < -0.39 is 0 Å². The molecular formula is C10H15N5S. The third-order valence-electron chi connectivity index (χ3n) is 2.58. The lowest BCUT2D eigenvalue weighted by Crippen LogP contribution is -2.29. The first-order valence-electron chi connectivity index (χ1n) is 4.98. The van der Waals surface area contributed by atoms with Crippen molar-refractivity contribution in [2.75, 3.05) is 5.73 Å². The molecule has 2 rings (SSSR count). The van der Waals surface area contributed by atoms with Crippen molar-refractivity contribution < 1.29 is 0 Å². The Bertz CT molecular complexity index is 448. The van der Waals surface area contributed by atoms with Crippen molar-refractivity contribution in [3.05, 3.63) is 34.2 Å². The van der Waals surface area contributed by atoms with Crippen molar-refractivity contribution in [3.8, 4) is 0 Å². The second kappa shape index (κ2) is 4.65. The second-order valence-electron chi connectivity index (χ2n) is 3.61. The Labute approximate surface area is 98.0 Å². The van der Waals surface area contributed by atoms with E-state index in [2.05, 4.69) is 22.0 Å². The fraction of sp³-hybridized carbons (Fsp3) is 0.300. The SMILES string of the molecule is Cn1ncc(C(Cc2cccs2)NN)c1N. The molecule has 1 unspecified atom stereocenters. The van der Waals surface area contributed by atoms with E-state index in [1.54, 1.807) is 22.2 Å². The summed E-state index contributed by atoms with van der Waals surface area (Å²) >= 11 is 1.71. The fourth-order valence-corrected chi connectivity index (χ4v) is 2.37. The number of hydrogen-bond acceptors (Lipinski definition) is 5. The summed E-state index contributed by atoms with van der Waals surface area (Å²) < 4.78 is 1.65. The van der Waals surface area contributed by atoms with Crippen LogP contribution in [0.5, 0.6) is 0 Å². The maximum absolute atomic E-state index is 5.92. The highest BCUT2D eigenvalue weighted by atomic mass is 32.1. The molecule has 5 N–H and O–H groups in total. The van der Waals surface area contributed by atoms with E-state index in [9.17, 15) is 0 Å². The zero-order chi connectivity index (χ0) is 11.5. The lowest BCUT2D eigenvalue weighted by molar-refractivity contribution is 0.557. The van der Waals surface area contributed by atoms with E-state index in [-0.39, 0.29) is 6.04 Å². The highest BCUT2D eigenvalue weighted by Gasteiger charge is 2.16. The minimum Gasteiger partial charge on any atom is -0.384 e. The molecule has 0 aliphatic heterocycles. The molecule has 0 saturated heterocycles. The van der Waals surface area contributed by atoms with Crippen molar-refractivity contribution in [2.24, 2.45) is 12.9 Å². The Morgan fingerprint density at radius 3 is 2.94 bits per heavy atom. The average molecular weight is 237 g/mol. The van der Waals surface area contributed by atoms with Gasteiger partial charge >= 0.3 is 0 Å². The van der Waals surface area contributed by atoms with Gasteiger partial charge in [0.05, 0.1) is 12.2 Å². The molecule has 0 aliphatic carbocycles. The predicted molar refractivity (Wildman–Crippen MR) is 65.7 cm³/mol. The summed E-state index contributed by atoms with van der Waals surface area (Å²) in [6.45, 7) is 0. The number of rotatable bonds is 4. The number of thiophene rings is 1. The van der Waals surface area contributed by atoms with Crippen molar-refractivity contribution >= 4 is 17.2 Å². The second-order valence-corrected chi connectivity index (χ2v) is 4.64. The normalized spacial score (nSPS) is 12.9. The third kappa shape index (κ3) is 2.08. The summed E-state index contributed by atoms with van der Waals surface area (Å²) in [5, 5.41) is 6.16. The molecule has 0 radical (unpaired) electrons. The van der Waals surface area contributed by atoms with Gasteiger partial charge < -0.3 is 5.73 Å². The van der Waals surface area contributed by atoms with Crippen molar-refractivity contribution in [1.29, 1.82) is 0 Å². The van der Waals surface area contributed by atoms with Gasteiger partial charge in [0.25, 0.3) is 0 Å². The molecule has 0 aromatic carbocycles. The van der Waals surface area contributed by atoms with Gasteiger partial charge in [-0.3, -0.25) is 16.0 Å². The van der Waals surface area contributed by atoms with E-state index in [1.165, 1.54) is 4.88 Å². The van der Waals surface area contributed by atoms with E-state index in [0.717, 1.165) is 12.0 Å². The molecule has 0 spiro atoms. The van der Waals surface area contributed by atoms with E-state index in [4.69, 9.17) is 11.6 Å². The number of aromatic nitrogens is 2. The number of anilines is 1. The van der Waals surface area contributed by atoms with Crippen LogP contribution in [0.15, 0.2) is 23.7 Å². The summed E-state index contributed by atoms with van der Waals surface area (Å²) in [6.07, 6.45) is 2.58. The Morgan fingerprint density at radius 1 is 1.62 bits per heavy atom. The molecule has 5 nitrogen and oxygen atoms in total.